The SMILES string of the molecule is O=C(CC1CCCC1)NCCc1nc(C(=O)O)cs1. The summed E-state index contributed by atoms with van der Waals surface area (Å²) in [7, 11) is 0. The number of carboxylic acid groups (broad SMARTS) is 1. The summed E-state index contributed by atoms with van der Waals surface area (Å²) in [6.07, 6.45) is 6.04. The Morgan fingerprint density at radius 3 is 2.79 bits per heavy atom. The first-order valence-corrected chi connectivity index (χ1v) is 7.47. The van der Waals surface area contributed by atoms with Crippen molar-refractivity contribution in [1.82, 2.24) is 10.3 Å². The second-order valence-electron chi connectivity index (χ2n) is 4.89. The standard InChI is InChI=1S/C13H18N2O3S/c16-11(7-9-3-1-2-4-9)14-6-5-12-15-10(8-19-12)13(17)18/h8-9H,1-7H2,(H,14,16)(H,17,18). The zero-order valence-electron chi connectivity index (χ0n) is 10.7. The van der Waals surface area contributed by atoms with E-state index in [1.165, 1.54) is 42.4 Å². The van der Waals surface area contributed by atoms with Gasteiger partial charge in [-0.05, 0) is 18.8 Å². The summed E-state index contributed by atoms with van der Waals surface area (Å²) in [4.78, 5) is 26.3. The maximum absolute atomic E-state index is 11.7. The van der Waals surface area contributed by atoms with E-state index in [0.29, 0.717) is 25.3 Å². The van der Waals surface area contributed by atoms with Gasteiger partial charge in [0.1, 0.15) is 0 Å². The maximum Gasteiger partial charge on any atom is 0.355 e. The minimum atomic E-state index is -1.01. The van der Waals surface area contributed by atoms with Crippen molar-refractivity contribution >= 4 is 23.2 Å². The maximum atomic E-state index is 11.7. The van der Waals surface area contributed by atoms with Crippen LogP contribution >= 0.6 is 11.3 Å². The normalized spacial score (nSPS) is 15.6. The molecule has 1 aliphatic rings. The second-order valence-corrected chi connectivity index (χ2v) is 5.83. The fraction of sp³-hybridized carbons (Fsp3) is 0.615. The summed E-state index contributed by atoms with van der Waals surface area (Å²) in [6.45, 7) is 0.526. The number of carbonyl (C=O) groups is 2. The number of aromatic carboxylic acids is 1. The fourth-order valence-electron chi connectivity index (χ4n) is 2.38. The molecule has 1 fully saturated rings. The van der Waals surface area contributed by atoms with Crippen molar-refractivity contribution in [2.45, 2.75) is 38.5 Å². The molecular formula is C13H18N2O3S. The number of hydrogen-bond donors (Lipinski definition) is 2. The highest BCUT2D eigenvalue weighted by Crippen LogP contribution is 2.27. The van der Waals surface area contributed by atoms with Crippen LogP contribution in [-0.4, -0.2) is 28.5 Å². The number of aromatic nitrogens is 1. The van der Waals surface area contributed by atoms with Crippen molar-refractivity contribution in [2.24, 2.45) is 5.92 Å². The summed E-state index contributed by atoms with van der Waals surface area (Å²) < 4.78 is 0. The molecule has 1 amide bonds. The van der Waals surface area contributed by atoms with E-state index >= 15 is 0 Å². The highest BCUT2D eigenvalue weighted by molar-refractivity contribution is 7.09. The number of nitrogens with one attached hydrogen (secondary N) is 1. The summed E-state index contributed by atoms with van der Waals surface area (Å²) in [5.74, 6) is -0.354. The number of rotatable bonds is 6. The van der Waals surface area contributed by atoms with Crippen LogP contribution in [0.15, 0.2) is 5.38 Å². The Kier molecular flexibility index (Phi) is 4.90. The lowest BCUT2D eigenvalue weighted by Crippen LogP contribution is -2.27. The van der Waals surface area contributed by atoms with Crippen LogP contribution in [0.3, 0.4) is 0 Å². The molecule has 0 aliphatic heterocycles. The van der Waals surface area contributed by atoms with Gasteiger partial charge < -0.3 is 10.4 Å². The van der Waals surface area contributed by atoms with Crippen LogP contribution in [-0.2, 0) is 11.2 Å². The Hall–Kier alpha value is -1.43. The van der Waals surface area contributed by atoms with Crippen molar-refractivity contribution in [2.75, 3.05) is 6.54 Å². The average molecular weight is 282 g/mol. The number of carbonyl (C=O) groups excluding carboxylic acids is 1. The lowest BCUT2D eigenvalue weighted by atomic mass is 10.0. The monoisotopic (exact) mass is 282 g/mol. The molecule has 0 unspecified atom stereocenters. The van der Waals surface area contributed by atoms with Crippen LogP contribution in [0.5, 0.6) is 0 Å². The lowest BCUT2D eigenvalue weighted by molar-refractivity contribution is -0.121. The average Bonchev–Trinajstić information content (AvgIpc) is 3.00. The second kappa shape index (κ2) is 6.65. The Bertz CT molecular complexity index is 452. The van der Waals surface area contributed by atoms with E-state index in [4.69, 9.17) is 5.11 Å². The number of thiazole rings is 1. The van der Waals surface area contributed by atoms with Gasteiger partial charge in [0.15, 0.2) is 5.69 Å². The smallest absolute Gasteiger partial charge is 0.355 e. The van der Waals surface area contributed by atoms with Crippen molar-refractivity contribution in [1.29, 1.82) is 0 Å². The minimum Gasteiger partial charge on any atom is -0.476 e. The first-order chi connectivity index (χ1) is 9.15. The predicted octanol–water partition coefficient (Wildman–Crippen LogP) is 2.08. The third kappa shape index (κ3) is 4.31. The molecule has 0 aromatic carbocycles. The molecule has 0 bridgehead atoms. The molecular weight excluding hydrogens is 264 g/mol. The summed E-state index contributed by atoms with van der Waals surface area (Å²) in [5.41, 5.74) is 0.0808. The van der Waals surface area contributed by atoms with Crippen LogP contribution < -0.4 is 5.32 Å². The third-order valence-electron chi connectivity index (χ3n) is 3.38. The first kappa shape index (κ1) is 14.0. The van der Waals surface area contributed by atoms with Gasteiger partial charge >= 0.3 is 5.97 Å². The first-order valence-electron chi connectivity index (χ1n) is 6.59. The number of carboxylic acids is 1. The summed E-state index contributed by atoms with van der Waals surface area (Å²) >= 11 is 1.32. The van der Waals surface area contributed by atoms with Gasteiger partial charge in [-0.1, -0.05) is 12.8 Å². The zero-order valence-corrected chi connectivity index (χ0v) is 11.5. The highest BCUT2D eigenvalue weighted by Gasteiger charge is 2.18. The molecule has 0 saturated heterocycles. The Morgan fingerprint density at radius 2 is 2.16 bits per heavy atom. The van der Waals surface area contributed by atoms with Crippen LogP contribution in [0, 0.1) is 5.92 Å². The van der Waals surface area contributed by atoms with E-state index in [-0.39, 0.29) is 11.6 Å². The van der Waals surface area contributed by atoms with Gasteiger partial charge in [0, 0.05) is 24.8 Å². The van der Waals surface area contributed by atoms with E-state index < -0.39 is 5.97 Å². The quantitative estimate of drug-likeness (QED) is 0.837. The molecule has 0 atom stereocenters. The zero-order chi connectivity index (χ0) is 13.7. The molecule has 0 spiro atoms. The number of nitrogens with zero attached hydrogens (tertiary/aromatic N) is 1. The molecule has 2 rings (SSSR count). The number of amides is 1. The molecule has 6 heteroatoms. The Morgan fingerprint density at radius 1 is 1.42 bits per heavy atom. The molecule has 1 saturated carbocycles. The summed E-state index contributed by atoms with van der Waals surface area (Å²) in [6, 6.07) is 0. The molecule has 1 aliphatic carbocycles. The van der Waals surface area contributed by atoms with Crippen molar-refractivity contribution < 1.29 is 14.7 Å². The third-order valence-corrected chi connectivity index (χ3v) is 4.29. The van der Waals surface area contributed by atoms with Gasteiger partial charge in [-0.25, -0.2) is 9.78 Å². The molecule has 104 valence electrons. The molecule has 19 heavy (non-hydrogen) atoms. The van der Waals surface area contributed by atoms with Gasteiger partial charge in [-0.2, -0.15) is 0 Å². The summed E-state index contributed by atoms with van der Waals surface area (Å²) in [5, 5.41) is 13.9. The van der Waals surface area contributed by atoms with E-state index in [1.54, 1.807) is 0 Å². The minimum absolute atomic E-state index is 0.0808. The largest absolute Gasteiger partial charge is 0.476 e. The Labute approximate surface area is 116 Å². The molecule has 2 N–H and O–H groups in total. The van der Waals surface area contributed by atoms with Gasteiger partial charge in [0.2, 0.25) is 5.91 Å². The molecule has 1 aromatic heterocycles. The van der Waals surface area contributed by atoms with Gasteiger partial charge in [-0.15, -0.1) is 11.3 Å². The van der Waals surface area contributed by atoms with Crippen molar-refractivity contribution in [3.05, 3.63) is 16.1 Å². The van der Waals surface area contributed by atoms with Gasteiger partial charge in [-0.3, -0.25) is 4.79 Å². The predicted molar refractivity (Wildman–Crippen MR) is 72.4 cm³/mol. The van der Waals surface area contributed by atoms with Crippen LogP contribution in [0.25, 0.3) is 0 Å². The van der Waals surface area contributed by atoms with E-state index in [0.717, 1.165) is 5.01 Å². The van der Waals surface area contributed by atoms with Crippen molar-refractivity contribution in [3.63, 3.8) is 0 Å². The van der Waals surface area contributed by atoms with E-state index in [2.05, 4.69) is 10.3 Å². The van der Waals surface area contributed by atoms with Crippen molar-refractivity contribution in [3.8, 4) is 0 Å². The van der Waals surface area contributed by atoms with Crippen LogP contribution in [0.4, 0.5) is 0 Å². The molecule has 1 aromatic rings. The number of hydrogen-bond acceptors (Lipinski definition) is 4. The van der Waals surface area contributed by atoms with Gasteiger partial charge in [0.25, 0.3) is 0 Å². The van der Waals surface area contributed by atoms with E-state index in [1.807, 2.05) is 0 Å². The van der Waals surface area contributed by atoms with Crippen LogP contribution in [0.1, 0.15) is 47.6 Å². The molecule has 1 heterocycles. The van der Waals surface area contributed by atoms with Crippen LogP contribution in [0.2, 0.25) is 0 Å². The topological polar surface area (TPSA) is 79.3 Å². The highest BCUT2D eigenvalue weighted by atomic mass is 32.1. The Balaban J connectivity index is 1.67. The van der Waals surface area contributed by atoms with Gasteiger partial charge in [0.05, 0.1) is 5.01 Å². The van der Waals surface area contributed by atoms with E-state index in [9.17, 15) is 9.59 Å². The molecule has 0 radical (unpaired) electrons. The lowest BCUT2D eigenvalue weighted by Gasteiger charge is -2.08. The fourth-order valence-corrected chi connectivity index (χ4v) is 3.15. The molecule has 5 nitrogen and oxygen atoms in total.